The van der Waals surface area contributed by atoms with Crippen molar-refractivity contribution in [2.75, 3.05) is 0 Å². The second-order valence-corrected chi connectivity index (χ2v) is 4.76. The maximum atomic E-state index is 11.8. The molecule has 0 aromatic carbocycles. The van der Waals surface area contributed by atoms with Crippen LogP contribution in [0.15, 0.2) is 0 Å². The summed E-state index contributed by atoms with van der Waals surface area (Å²) in [4.78, 5) is 11.8. The van der Waals surface area contributed by atoms with Crippen LogP contribution in [-0.2, 0) is 4.79 Å². The number of carbonyl (C=O) groups excluding carboxylic acids is 1. The Morgan fingerprint density at radius 2 is 1.86 bits per heavy atom. The number of amides is 1. The van der Waals surface area contributed by atoms with E-state index in [1.165, 1.54) is 12.8 Å². The Bertz CT molecular complexity index is 211. The Balaban J connectivity index is 1.76. The standard InChI is InChI=1S/C11H20N2O/c12-9-5-6-10(7-9)13-11(14)8-3-1-2-4-8/h8-10H,1-7,12H2,(H,13,14). The molecule has 2 atom stereocenters. The summed E-state index contributed by atoms with van der Waals surface area (Å²) in [5, 5.41) is 3.13. The molecule has 0 aliphatic heterocycles. The van der Waals surface area contributed by atoms with E-state index in [9.17, 15) is 4.79 Å². The summed E-state index contributed by atoms with van der Waals surface area (Å²) in [5.74, 6) is 0.577. The van der Waals surface area contributed by atoms with E-state index in [-0.39, 0.29) is 5.91 Å². The zero-order valence-electron chi connectivity index (χ0n) is 8.67. The number of nitrogens with two attached hydrogens (primary N) is 1. The van der Waals surface area contributed by atoms with Crippen LogP contribution in [0.3, 0.4) is 0 Å². The Kier molecular flexibility index (Phi) is 3.06. The van der Waals surface area contributed by atoms with Crippen LogP contribution in [-0.4, -0.2) is 18.0 Å². The first-order valence-electron chi connectivity index (χ1n) is 5.81. The lowest BCUT2D eigenvalue weighted by atomic mass is 10.1. The van der Waals surface area contributed by atoms with Crippen molar-refractivity contribution >= 4 is 5.91 Å². The first-order valence-corrected chi connectivity index (χ1v) is 5.81. The van der Waals surface area contributed by atoms with Crippen LogP contribution in [0, 0.1) is 5.92 Å². The van der Waals surface area contributed by atoms with E-state index in [0.29, 0.717) is 18.0 Å². The summed E-state index contributed by atoms with van der Waals surface area (Å²) < 4.78 is 0. The Hall–Kier alpha value is -0.570. The maximum Gasteiger partial charge on any atom is 0.223 e. The van der Waals surface area contributed by atoms with Gasteiger partial charge in [-0.05, 0) is 32.1 Å². The molecule has 2 aliphatic carbocycles. The topological polar surface area (TPSA) is 55.1 Å². The average Bonchev–Trinajstić information content (AvgIpc) is 2.75. The normalized spacial score (nSPS) is 33.5. The number of hydrogen-bond acceptors (Lipinski definition) is 2. The van der Waals surface area contributed by atoms with Crippen LogP contribution in [0.4, 0.5) is 0 Å². The lowest BCUT2D eigenvalue weighted by Crippen LogP contribution is -2.37. The van der Waals surface area contributed by atoms with Gasteiger partial charge in [0, 0.05) is 18.0 Å². The molecule has 2 rings (SSSR count). The maximum absolute atomic E-state index is 11.8. The molecule has 2 aliphatic rings. The highest BCUT2D eigenvalue weighted by Crippen LogP contribution is 2.26. The van der Waals surface area contributed by atoms with Crippen LogP contribution in [0.2, 0.25) is 0 Å². The average molecular weight is 196 g/mol. The first-order chi connectivity index (χ1) is 6.75. The van der Waals surface area contributed by atoms with Crippen molar-refractivity contribution in [1.29, 1.82) is 0 Å². The SMILES string of the molecule is NC1CCC(NC(=O)C2CCCC2)C1. The van der Waals surface area contributed by atoms with Gasteiger partial charge in [0.2, 0.25) is 5.91 Å². The van der Waals surface area contributed by atoms with Crippen molar-refractivity contribution in [3.05, 3.63) is 0 Å². The Labute approximate surface area is 85.4 Å². The highest BCUT2D eigenvalue weighted by molar-refractivity contribution is 5.79. The van der Waals surface area contributed by atoms with Crippen LogP contribution in [0.1, 0.15) is 44.9 Å². The van der Waals surface area contributed by atoms with E-state index in [1.54, 1.807) is 0 Å². The molecule has 2 saturated carbocycles. The highest BCUT2D eigenvalue weighted by atomic mass is 16.1. The largest absolute Gasteiger partial charge is 0.353 e. The molecular weight excluding hydrogens is 176 g/mol. The Morgan fingerprint density at radius 3 is 2.43 bits per heavy atom. The minimum absolute atomic E-state index is 0.279. The molecule has 0 saturated heterocycles. The molecule has 3 N–H and O–H groups in total. The number of hydrogen-bond donors (Lipinski definition) is 2. The summed E-state index contributed by atoms with van der Waals surface area (Å²) >= 11 is 0. The summed E-state index contributed by atoms with van der Waals surface area (Å²) in [6.45, 7) is 0. The molecule has 0 radical (unpaired) electrons. The van der Waals surface area contributed by atoms with Gasteiger partial charge in [-0.1, -0.05) is 12.8 Å². The Morgan fingerprint density at radius 1 is 1.14 bits per heavy atom. The quantitative estimate of drug-likeness (QED) is 0.696. The van der Waals surface area contributed by atoms with Gasteiger partial charge in [-0.25, -0.2) is 0 Å². The molecular formula is C11H20N2O. The van der Waals surface area contributed by atoms with Gasteiger partial charge in [-0.2, -0.15) is 0 Å². The fourth-order valence-corrected chi connectivity index (χ4v) is 2.65. The smallest absolute Gasteiger partial charge is 0.223 e. The van der Waals surface area contributed by atoms with Crippen molar-refractivity contribution in [2.24, 2.45) is 11.7 Å². The van der Waals surface area contributed by atoms with E-state index < -0.39 is 0 Å². The fraction of sp³-hybridized carbons (Fsp3) is 0.909. The summed E-state index contributed by atoms with van der Waals surface area (Å²) in [6.07, 6.45) is 7.73. The van der Waals surface area contributed by atoms with E-state index in [4.69, 9.17) is 5.73 Å². The molecule has 0 aromatic heterocycles. The highest BCUT2D eigenvalue weighted by Gasteiger charge is 2.27. The molecule has 0 aromatic rings. The van der Waals surface area contributed by atoms with E-state index in [0.717, 1.165) is 32.1 Å². The van der Waals surface area contributed by atoms with Crippen molar-refractivity contribution in [3.63, 3.8) is 0 Å². The van der Waals surface area contributed by atoms with Gasteiger partial charge < -0.3 is 11.1 Å². The first kappa shape index (κ1) is 9.97. The third-order valence-electron chi connectivity index (χ3n) is 3.55. The van der Waals surface area contributed by atoms with Gasteiger partial charge in [0.05, 0.1) is 0 Å². The predicted octanol–water partition coefficient (Wildman–Crippen LogP) is 1.17. The zero-order chi connectivity index (χ0) is 9.97. The van der Waals surface area contributed by atoms with E-state index >= 15 is 0 Å². The molecule has 3 nitrogen and oxygen atoms in total. The second kappa shape index (κ2) is 4.30. The van der Waals surface area contributed by atoms with E-state index in [1.807, 2.05) is 0 Å². The minimum atomic E-state index is 0.279. The molecule has 80 valence electrons. The predicted molar refractivity (Wildman–Crippen MR) is 55.7 cm³/mol. The number of nitrogens with one attached hydrogen (secondary N) is 1. The van der Waals surface area contributed by atoms with Crippen LogP contribution >= 0.6 is 0 Å². The molecule has 1 amide bonds. The third-order valence-corrected chi connectivity index (χ3v) is 3.55. The van der Waals surface area contributed by atoms with Gasteiger partial charge >= 0.3 is 0 Å². The molecule has 0 bridgehead atoms. The lowest BCUT2D eigenvalue weighted by Gasteiger charge is -2.15. The second-order valence-electron chi connectivity index (χ2n) is 4.76. The third kappa shape index (κ3) is 2.27. The fourth-order valence-electron chi connectivity index (χ4n) is 2.65. The van der Waals surface area contributed by atoms with Gasteiger partial charge in [0.15, 0.2) is 0 Å². The molecule has 3 heteroatoms. The molecule has 2 fully saturated rings. The van der Waals surface area contributed by atoms with Gasteiger partial charge in [0.1, 0.15) is 0 Å². The molecule has 0 heterocycles. The lowest BCUT2D eigenvalue weighted by molar-refractivity contribution is -0.125. The summed E-state index contributed by atoms with van der Waals surface area (Å²) in [5.41, 5.74) is 5.80. The van der Waals surface area contributed by atoms with Crippen molar-refractivity contribution < 1.29 is 4.79 Å². The molecule has 2 unspecified atom stereocenters. The monoisotopic (exact) mass is 196 g/mol. The van der Waals surface area contributed by atoms with Crippen LogP contribution in [0.5, 0.6) is 0 Å². The molecule has 14 heavy (non-hydrogen) atoms. The number of rotatable bonds is 2. The van der Waals surface area contributed by atoms with Crippen LogP contribution in [0.25, 0.3) is 0 Å². The van der Waals surface area contributed by atoms with Gasteiger partial charge in [0.25, 0.3) is 0 Å². The van der Waals surface area contributed by atoms with Gasteiger partial charge in [-0.3, -0.25) is 4.79 Å². The van der Waals surface area contributed by atoms with Crippen molar-refractivity contribution in [1.82, 2.24) is 5.32 Å². The van der Waals surface area contributed by atoms with Crippen LogP contribution < -0.4 is 11.1 Å². The molecule has 0 spiro atoms. The minimum Gasteiger partial charge on any atom is -0.353 e. The summed E-state index contributed by atoms with van der Waals surface area (Å²) in [7, 11) is 0. The number of carbonyl (C=O) groups is 1. The van der Waals surface area contributed by atoms with E-state index in [2.05, 4.69) is 5.32 Å². The van der Waals surface area contributed by atoms with Crippen molar-refractivity contribution in [3.8, 4) is 0 Å². The zero-order valence-corrected chi connectivity index (χ0v) is 8.67. The van der Waals surface area contributed by atoms with Crippen molar-refractivity contribution in [2.45, 2.75) is 57.0 Å². The summed E-state index contributed by atoms with van der Waals surface area (Å²) in [6, 6.07) is 0.668. The van der Waals surface area contributed by atoms with Gasteiger partial charge in [-0.15, -0.1) is 0 Å².